The zero-order valence-electron chi connectivity index (χ0n) is 12.7. The van der Waals surface area contributed by atoms with Crippen molar-refractivity contribution in [1.29, 1.82) is 0 Å². The SMILES string of the molecule is Cc1nnc(CNC(=NCc2ccoc2)NC2CC2)n1C.I. The average molecular weight is 416 g/mol. The van der Waals surface area contributed by atoms with Crippen LogP contribution in [-0.4, -0.2) is 26.8 Å². The molecule has 1 fully saturated rings. The van der Waals surface area contributed by atoms with Gasteiger partial charge in [0.15, 0.2) is 11.8 Å². The fraction of sp³-hybridized carbons (Fsp3) is 0.500. The third-order valence-electron chi connectivity index (χ3n) is 3.51. The molecule has 0 aliphatic heterocycles. The molecule has 7 nitrogen and oxygen atoms in total. The number of guanidine groups is 1. The minimum absolute atomic E-state index is 0. The smallest absolute Gasteiger partial charge is 0.192 e. The third-order valence-corrected chi connectivity index (χ3v) is 3.51. The summed E-state index contributed by atoms with van der Waals surface area (Å²) in [5, 5.41) is 14.9. The van der Waals surface area contributed by atoms with E-state index in [0.717, 1.165) is 23.2 Å². The predicted molar refractivity (Wildman–Crippen MR) is 94.0 cm³/mol. The minimum atomic E-state index is 0. The largest absolute Gasteiger partial charge is 0.472 e. The molecule has 0 spiro atoms. The summed E-state index contributed by atoms with van der Waals surface area (Å²) in [5.74, 6) is 2.60. The lowest BCUT2D eigenvalue weighted by Gasteiger charge is -2.11. The van der Waals surface area contributed by atoms with Crippen molar-refractivity contribution in [3.05, 3.63) is 35.8 Å². The summed E-state index contributed by atoms with van der Waals surface area (Å²) in [7, 11) is 1.96. The van der Waals surface area contributed by atoms with Gasteiger partial charge in [0.2, 0.25) is 0 Å². The second kappa shape index (κ2) is 7.61. The van der Waals surface area contributed by atoms with Crippen molar-refractivity contribution in [1.82, 2.24) is 25.4 Å². The van der Waals surface area contributed by atoms with Crippen LogP contribution in [0.3, 0.4) is 0 Å². The van der Waals surface area contributed by atoms with Crippen LogP contribution in [0.4, 0.5) is 0 Å². The van der Waals surface area contributed by atoms with Crippen LogP contribution in [0.15, 0.2) is 28.0 Å². The van der Waals surface area contributed by atoms with E-state index in [1.54, 1.807) is 12.5 Å². The number of halogens is 1. The van der Waals surface area contributed by atoms with E-state index in [9.17, 15) is 0 Å². The average Bonchev–Trinajstić information content (AvgIpc) is 3.03. The molecule has 0 unspecified atom stereocenters. The monoisotopic (exact) mass is 416 g/mol. The van der Waals surface area contributed by atoms with Gasteiger partial charge in [0.05, 0.1) is 25.6 Å². The molecule has 8 heteroatoms. The molecule has 1 aliphatic rings. The molecule has 0 bridgehead atoms. The van der Waals surface area contributed by atoms with Crippen LogP contribution in [0.5, 0.6) is 0 Å². The second-order valence-electron chi connectivity index (χ2n) is 5.29. The molecule has 2 heterocycles. The number of hydrogen-bond donors (Lipinski definition) is 2. The number of hydrogen-bond acceptors (Lipinski definition) is 4. The van der Waals surface area contributed by atoms with Crippen LogP contribution in [0.1, 0.15) is 30.1 Å². The molecule has 0 radical (unpaired) electrons. The topological polar surface area (TPSA) is 80.3 Å². The maximum absolute atomic E-state index is 5.06. The molecule has 1 aliphatic carbocycles. The quantitative estimate of drug-likeness (QED) is 0.441. The van der Waals surface area contributed by atoms with Gasteiger partial charge in [-0.2, -0.15) is 0 Å². The van der Waals surface area contributed by atoms with Crippen LogP contribution in [-0.2, 0) is 20.1 Å². The summed E-state index contributed by atoms with van der Waals surface area (Å²) in [6.07, 6.45) is 5.78. The van der Waals surface area contributed by atoms with Crippen molar-refractivity contribution in [2.45, 2.75) is 38.9 Å². The van der Waals surface area contributed by atoms with Gasteiger partial charge in [-0.15, -0.1) is 34.2 Å². The molecular weight excluding hydrogens is 395 g/mol. The molecule has 120 valence electrons. The fourth-order valence-corrected chi connectivity index (χ4v) is 1.89. The van der Waals surface area contributed by atoms with E-state index in [2.05, 4.69) is 25.8 Å². The molecular formula is C14H21IN6O. The van der Waals surface area contributed by atoms with E-state index < -0.39 is 0 Å². The van der Waals surface area contributed by atoms with Crippen molar-refractivity contribution in [2.24, 2.45) is 12.0 Å². The van der Waals surface area contributed by atoms with Gasteiger partial charge in [-0.1, -0.05) is 0 Å². The summed E-state index contributed by atoms with van der Waals surface area (Å²) >= 11 is 0. The number of nitrogens with one attached hydrogen (secondary N) is 2. The normalized spacial score (nSPS) is 14.5. The van der Waals surface area contributed by atoms with Crippen molar-refractivity contribution in [2.75, 3.05) is 0 Å². The lowest BCUT2D eigenvalue weighted by Crippen LogP contribution is -2.38. The molecule has 2 N–H and O–H groups in total. The molecule has 0 amide bonds. The first-order chi connectivity index (χ1) is 10.2. The molecule has 0 saturated heterocycles. The van der Waals surface area contributed by atoms with Crippen LogP contribution in [0.2, 0.25) is 0 Å². The highest BCUT2D eigenvalue weighted by molar-refractivity contribution is 14.0. The second-order valence-corrected chi connectivity index (χ2v) is 5.29. The Morgan fingerprint density at radius 1 is 1.45 bits per heavy atom. The Bertz CT molecular complexity index is 617. The van der Waals surface area contributed by atoms with Gasteiger partial charge in [-0.05, 0) is 25.8 Å². The van der Waals surface area contributed by atoms with E-state index in [4.69, 9.17) is 4.42 Å². The van der Waals surface area contributed by atoms with Gasteiger partial charge >= 0.3 is 0 Å². The van der Waals surface area contributed by atoms with Crippen LogP contribution in [0, 0.1) is 6.92 Å². The fourth-order valence-electron chi connectivity index (χ4n) is 1.89. The van der Waals surface area contributed by atoms with Gasteiger partial charge in [-0.25, -0.2) is 4.99 Å². The number of aromatic nitrogens is 3. The molecule has 3 rings (SSSR count). The molecule has 2 aromatic heterocycles. The first-order valence-corrected chi connectivity index (χ1v) is 7.13. The molecule has 0 aromatic carbocycles. The standard InChI is InChI=1S/C14H20N6O.HI/c1-10-18-19-13(20(10)2)8-16-14(17-12-3-4-12)15-7-11-5-6-21-9-11;/h5-6,9,12H,3-4,7-8H2,1-2H3,(H2,15,16,17);1H. The lowest BCUT2D eigenvalue weighted by atomic mass is 10.3. The summed E-state index contributed by atoms with van der Waals surface area (Å²) < 4.78 is 7.03. The highest BCUT2D eigenvalue weighted by Gasteiger charge is 2.22. The molecule has 1 saturated carbocycles. The Morgan fingerprint density at radius 3 is 2.86 bits per heavy atom. The number of aryl methyl sites for hydroxylation is 1. The Kier molecular flexibility index (Phi) is 5.81. The van der Waals surface area contributed by atoms with Gasteiger partial charge < -0.3 is 19.6 Å². The maximum Gasteiger partial charge on any atom is 0.192 e. The van der Waals surface area contributed by atoms with Crippen molar-refractivity contribution in [3.63, 3.8) is 0 Å². The first kappa shape index (κ1) is 16.8. The van der Waals surface area contributed by atoms with Gasteiger partial charge in [0.1, 0.15) is 5.82 Å². The summed E-state index contributed by atoms with van der Waals surface area (Å²) in [6, 6.07) is 2.46. The summed E-state index contributed by atoms with van der Waals surface area (Å²) in [4.78, 5) is 4.57. The Morgan fingerprint density at radius 2 is 2.27 bits per heavy atom. The highest BCUT2D eigenvalue weighted by atomic mass is 127. The zero-order chi connectivity index (χ0) is 14.7. The van der Waals surface area contributed by atoms with Crippen molar-refractivity contribution < 1.29 is 4.42 Å². The third kappa shape index (κ3) is 4.46. The number of aliphatic imine (C=N–C) groups is 1. The molecule has 0 atom stereocenters. The number of nitrogens with zero attached hydrogens (tertiary/aromatic N) is 4. The van der Waals surface area contributed by atoms with Gasteiger partial charge in [-0.3, -0.25) is 0 Å². The van der Waals surface area contributed by atoms with E-state index in [-0.39, 0.29) is 24.0 Å². The summed E-state index contributed by atoms with van der Waals surface area (Å²) in [5.41, 5.74) is 1.06. The van der Waals surface area contributed by atoms with Gasteiger partial charge in [0, 0.05) is 18.7 Å². The van der Waals surface area contributed by atoms with E-state index in [1.165, 1.54) is 12.8 Å². The number of furan rings is 1. The van der Waals surface area contributed by atoms with E-state index >= 15 is 0 Å². The Balaban J connectivity index is 0.00000176. The number of rotatable bonds is 5. The Hall–Kier alpha value is -1.58. The molecule has 22 heavy (non-hydrogen) atoms. The summed E-state index contributed by atoms with van der Waals surface area (Å²) in [6.45, 7) is 3.13. The lowest BCUT2D eigenvalue weighted by molar-refractivity contribution is 0.564. The predicted octanol–water partition coefficient (Wildman–Crippen LogP) is 1.73. The highest BCUT2D eigenvalue weighted by Crippen LogP contribution is 2.18. The van der Waals surface area contributed by atoms with Crippen LogP contribution < -0.4 is 10.6 Å². The van der Waals surface area contributed by atoms with Crippen LogP contribution >= 0.6 is 24.0 Å². The minimum Gasteiger partial charge on any atom is -0.472 e. The van der Waals surface area contributed by atoms with Crippen LogP contribution in [0.25, 0.3) is 0 Å². The van der Waals surface area contributed by atoms with Crippen molar-refractivity contribution in [3.8, 4) is 0 Å². The molecule has 2 aromatic rings. The van der Waals surface area contributed by atoms with E-state index in [1.807, 2.05) is 24.6 Å². The van der Waals surface area contributed by atoms with Crippen molar-refractivity contribution >= 4 is 29.9 Å². The first-order valence-electron chi connectivity index (χ1n) is 7.13. The maximum atomic E-state index is 5.06. The van der Waals surface area contributed by atoms with Gasteiger partial charge in [0.25, 0.3) is 0 Å². The zero-order valence-corrected chi connectivity index (χ0v) is 15.1. The Labute approximate surface area is 146 Å². The van der Waals surface area contributed by atoms with E-state index in [0.29, 0.717) is 19.1 Å².